The van der Waals surface area contributed by atoms with Crippen molar-refractivity contribution in [1.82, 2.24) is 0 Å². The Morgan fingerprint density at radius 2 is 0.806 bits per heavy atom. The van der Waals surface area contributed by atoms with Crippen molar-refractivity contribution in [3.05, 3.63) is 11.4 Å². The number of halogens is 19. The Balaban J connectivity index is 4.23. The molecule has 1 aliphatic rings. The van der Waals surface area contributed by atoms with E-state index in [0.29, 0.717) is 4.99 Å². The lowest BCUT2D eigenvalue weighted by Crippen LogP contribution is -2.68. The van der Waals surface area contributed by atoms with E-state index in [2.05, 4.69) is 0 Å². The highest BCUT2D eigenvalue weighted by Gasteiger charge is 2.86. The highest BCUT2D eigenvalue weighted by Crippen LogP contribution is 2.61. The molecule has 0 aromatic rings. The van der Waals surface area contributed by atoms with Crippen molar-refractivity contribution in [2.24, 2.45) is 4.99 Å². The van der Waals surface area contributed by atoms with E-state index in [1.54, 1.807) is 0 Å². The van der Waals surface area contributed by atoms with Gasteiger partial charge in [-0.3, -0.25) is 0 Å². The van der Waals surface area contributed by atoms with E-state index < -0.39 is 65.1 Å². The molecular formula is C11F19N. The second kappa shape index (κ2) is 6.55. The van der Waals surface area contributed by atoms with Crippen molar-refractivity contribution in [3.63, 3.8) is 0 Å². The van der Waals surface area contributed by atoms with E-state index in [0.717, 1.165) is 0 Å². The fourth-order valence-corrected chi connectivity index (χ4v) is 2.20. The van der Waals surface area contributed by atoms with Crippen LogP contribution in [-0.2, 0) is 0 Å². The molecule has 1 nitrogen and oxygen atoms in total. The molecule has 0 unspecified atom stereocenters. The monoisotopic (exact) mass is 507 g/mol. The molecule has 0 spiro atoms. The van der Waals surface area contributed by atoms with Gasteiger partial charge in [0.05, 0.1) is 0 Å². The Labute approximate surface area is 155 Å². The van der Waals surface area contributed by atoms with Gasteiger partial charge in [0.2, 0.25) is 5.83 Å². The molecule has 0 N–H and O–H groups in total. The maximum absolute atomic E-state index is 14.0. The smallest absolute Gasteiger partial charge is 0.218 e. The first-order valence-electron chi connectivity index (χ1n) is 6.54. The maximum Gasteiger partial charge on any atom is 0.437 e. The van der Waals surface area contributed by atoms with E-state index >= 15 is 0 Å². The first kappa shape index (κ1) is 27.1. The third-order valence-corrected chi connectivity index (χ3v) is 3.58. The molecule has 0 amide bonds. The van der Waals surface area contributed by atoms with E-state index in [1.807, 2.05) is 0 Å². The molecule has 0 atom stereocenters. The van der Waals surface area contributed by atoms with Crippen LogP contribution >= 0.6 is 0 Å². The lowest BCUT2D eigenvalue weighted by Gasteiger charge is -2.42. The van der Waals surface area contributed by atoms with Crippen LogP contribution in [0, 0.1) is 0 Å². The molecule has 0 aliphatic carbocycles. The van der Waals surface area contributed by atoms with Crippen LogP contribution in [0.25, 0.3) is 0 Å². The maximum atomic E-state index is 14.0. The fourth-order valence-electron chi connectivity index (χ4n) is 2.20. The fraction of sp³-hybridized carbons (Fsp3) is 0.727. The molecule has 0 saturated heterocycles. The van der Waals surface area contributed by atoms with E-state index in [1.165, 1.54) is 0 Å². The van der Waals surface area contributed by atoms with Crippen molar-refractivity contribution < 1.29 is 83.4 Å². The Hall–Kier alpha value is -1.92. The normalized spacial score (nSPS) is 21.3. The summed E-state index contributed by atoms with van der Waals surface area (Å²) in [5.41, 5.74) is -26.3. The summed E-state index contributed by atoms with van der Waals surface area (Å²) in [4.78, 5) is 0.465. The van der Waals surface area contributed by atoms with Crippen LogP contribution in [0.3, 0.4) is 0 Å². The molecule has 0 bridgehead atoms. The van der Waals surface area contributed by atoms with Crippen LogP contribution in [0.1, 0.15) is 0 Å². The number of hydrogen-bond donors (Lipinski definition) is 0. The van der Waals surface area contributed by atoms with Gasteiger partial charge in [0, 0.05) is 0 Å². The lowest BCUT2D eigenvalue weighted by molar-refractivity contribution is -0.334. The van der Waals surface area contributed by atoms with Gasteiger partial charge < -0.3 is 0 Å². The summed E-state index contributed by atoms with van der Waals surface area (Å²) in [5.74, 6) is -12.5. The molecule has 1 heterocycles. The summed E-state index contributed by atoms with van der Waals surface area (Å²) in [6, 6.07) is -6.84. The molecule has 0 aromatic carbocycles. The zero-order valence-corrected chi connectivity index (χ0v) is 13.1. The quantitative estimate of drug-likeness (QED) is 0.297. The standard InChI is InChI=1S/C11F19N/c12-2-1(5(15,8(19,20)21)9(22,23)24)4(13,14)3(31-7(2,17)18)6(16,10(25,26)27)11(28,29)30. The molecule has 31 heavy (non-hydrogen) atoms. The van der Waals surface area contributed by atoms with Crippen LogP contribution < -0.4 is 0 Å². The average molecular weight is 507 g/mol. The molecule has 1 rings (SSSR count). The summed E-state index contributed by atoms with van der Waals surface area (Å²) in [6.07, 6.45) is -31.5. The van der Waals surface area contributed by atoms with Gasteiger partial charge in [-0.25, -0.2) is 18.2 Å². The number of dihydropyridines is 1. The van der Waals surface area contributed by atoms with Gasteiger partial charge >= 0.3 is 48.0 Å². The number of rotatable bonds is 2. The van der Waals surface area contributed by atoms with Crippen molar-refractivity contribution >= 4 is 5.71 Å². The van der Waals surface area contributed by atoms with Gasteiger partial charge in [0.15, 0.2) is 0 Å². The molecule has 20 heteroatoms. The van der Waals surface area contributed by atoms with Gasteiger partial charge in [0.25, 0.3) is 0 Å². The first-order valence-corrected chi connectivity index (χ1v) is 6.54. The average Bonchev–Trinajstić information content (AvgIpc) is 2.45. The molecule has 0 radical (unpaired) electrons. The third-order valence-electron chi connectivity index (χ3n) is 3.58. The summed E-state index contributed by atoms with van der Waals surface area (Å²) in [6.45, 7) is 0. The minimum absolute atomic E-state index is 0.465. The van der Waals surface area contributed by atoms with E-state index in [-0.39, 0.29) is 0 Å². The van der Waals surface area contributed by atoms with Crippen LogP contribution in [0.4, 0.5) is 83.4 Å². The van der Waals surface area contributed by atoms with Crippen molar-refractivity contribution in [2.45, 2.75) is 48.0 Å². The minimum atomic E-state index is -8.00. The van der Waals surface area contributed by atoms with Crippen LogP contribution in [-0.4, -0.2) is 53.7 Å². The molecule has 0 fully saturated rings. The zero-order valence-electron chi connectivity index (χ0n) is 13.1. The summed E-state index contributed by atoms with van der Waals surface area (Å²) >= 11 is 0. The van der Waals surface area contributed by atoms with Crippen LogP contribution in [0.5, 0.6) is 0 Å². The van der Waals surface area contributed by atoms with E-state index in [9.17, 15) is 83.4 Å². The summed E-state index contributed by atoms with van der Waals surface area (Å²) in [7, 11) is 0. The number of aliphatic imine (C=N–C) groups is 1. The summed E-state index contributed by atoms with van der Waals surface area (Å²) < 4.78 is 247. The predicted molar refractivity (Wildman–Crippen MR) is 57.4 cm³/mol. The SMILES string of the molecule is FC1=C(C(F)(C(F)(F)F)C(F)(F)F)C(F)(F)C(C(F)(C(F)(F)F)C(F)(F)F)=NC1(F)F. The predicted octanol–water partition coefficient (Wildman–Crippen LogP) is 6.56. The summed E-state index contributed by atoms with van der Waals surface area (Å²) in [5, 5.41) is 0. The molecule has 182 valence electrons. The third kappa shape index (κ3) is 3.58. The zero-order chi connectivity index (χ0) is 25.4. The Kier molecular flexibility index (Phi) is 5.73. The Morgan fingerprint density at radius 1 is 0.516 bits per heavy atom. The Bertz CT molecular complexity index is 756. The minimum Gasteiger partial charge on any atom is -0.218 e. The van der Waals surface area contributed by atoms with Gasteiger partial charge in [-0.1, -0.05) is 0 Å². The number of nitrogens with zero attached hydrogens (tertiary/aromatic N) is 1. The lowest BCUT2D eigenvalue weighted by atomic mass is 9.79. The highest BCUT2D eigenvalue weighted by molar-refractivity contribution is 6.03. The second-order valence-electron chi connectivity index (χ2n) is 5.57. The van der Waals surface area contributed by atoms with Crippen LogP contribution in [0.15, 0.2) is 16.4 Å². The van der Waals surface area contributed by atoms with Gasteiger partial charge in [0.1, 0.15) is 11.3 Å². The van der Waals surface area contributed by atoms with Crippen LogP contribution in [0.2, 0.25) is 0 Å². The molecule has 1 aliphatic heterocycles. The first-order chi connectivity index (χ1) is 13.1. The topological polar surface area (TPSA) is 12.4 Å². The van der Waals surface area contributed by atoms with E-state index in [4.69, 9.17) is 0 Å². The molecule has 0 aromatic heterocycles. The number of hydrogen-bond acceptors (Lipinski definition) is 1. The van der Waals surface area contributed by atoms with Gasteiger partial charge in [-0.15, -0.1) is 0 Å². The Morgan fingerprint density at radius 3 is 1.06 bits per heavy atom. The molecule has 0 saturated carbocycles. The van der Waals surface area contributed by atoms with Crippen molar-refractivity contribution in [1.29, 1.82) is 0 Å². The van der Waals surface area contributed by atoms with Gasteiger partial charge in [-0.2, -0.15) is 70.2 Å². The number of alkyl halides is 18. The van der Waals surface area contributed by atoms with Crippen molar-refractivity contribution in [3.8, 4) is 0 Å². The van der Waals surface area contributed by atoms with Crippen molar-refractivity contribution in [2.75, 3.05) is 0 Å². The highest BCUT2D eigenvalue weighted by atomic mass is 19.4. The number of allylic oxidation sites excluding steroid dienone is 1. The van der Waals surface area contributed by atoms with Gasteiger partial charge in [-0.05, 0) is 0 Å². The second-order valence-corrected chi connectivity index (χ2v) is 5.57. The molecular weight excluding hydrogens is 507 g/mol. The largest absolute Gasteiger partial charge is 0.437 e.